The van der Waals surface area contributed by atoms with Crippen molar-refractivity contribution in [1.29, 1.82) is 0 Å². The van der Waals surface area contributed by atoms with Gasteiger partial charge in [-0.3, -0.25) is 0 Å². The van der Waals surface area contributed by atoms with Gasteiger partial charge in [-0.25, -0.2) is 71.5 Å². The summed E-state index contributed by atoms with van der Waals surface area (Å²) in [6.45, 7) is 42.1. The van der Waals surface area contributed by atoms with Crippen LogP contribution >= 0.6 is 61.1 Å². The third-order valence-corrected chi connectivity index (χ3v) is 22.6. The quantitative estimate of drug-likeness (QED) is 0.0607. The van der Waals surface area contributed by atoms with Crippen molar-refractivity contribution in [2.24, 2.45) is 0 Å². The Morgan fingerprint density at radius 2 is 0.750 bits per heavy atom. The third kappa shape index (κ3) is 23.9. The lowest BCUT2D eigenvalue weighted by molar-refractivity contribution is 0.00578. The molecule has 2 unspecified atom stereocenters. The van der Waals surface area contributed by atoms with E-state index in [0.29, 0.717) is 94.5 Å². The molecule has 0 aromatic carbocycles. The van der Waals surface area contributed by atoms with Gasteiger partial charge >= 0.3 is 37.6 Å². The fraction of sp³-hybridized carbons (Fsp3) is 0.530. The summed E-state index contributed by atoms with van der Waals surface area (Å²) < 4.78 is 51.0. The molecule has 0 bridgehead atoms. The highest BCUT2D eigenvalue weighted by atomic mass is 127. The number of carbonyl (C=O) groups excluding carboxylic acids is 5. The number of carbonyl (C=O) groups is 5. The Labute approximate surface area is 759 Å². The highest BCUT2D eigenvalue weighted by Gasteiger charge is 2.53. The van der Waals surface area contributed by atoms with E-state index in [1.54, 1.807) is 33.5 Å². The second-order valence-electron chi connectivity index (χ2n) is 36.2. The van der Waals surface area contributed by atoms with E-state index in [1.807, 2.05) is 194 Å². The lowest BCUT2D eigenvalue weighted by atomic mass is 9.79. The molecule has 16 rings (SSSR count). The number of nitrogen functional groups attached to an aromatic ring is 5. The van der Waals surface area contributed by atoms with Crippen LogP contribution in [-0.4, -0.2) is 240 Å². The zero-order valence-electron chi connectivity index (χ0n) is 72.5. The van der Waals surface area contributed by atoms with E-state index in [-0.39, 0.29) is 81.4 Å². The van der Waals surface area contributed by atoms with Crippen molar-refractivity contribution >= 4 is 161 Å². The number of likely N-dealkylation sites (tertiary alicyclic amines) is 3. The number of hydrogen-bond acceptors (Lipinski definition) is 27. The van der Waals surface area contributed by atoms with Crippen molar-refractivity contribution in [3.05, 3.63) is 132 Å². The van der Waals surface area contributed by atoms with E-state index in [0.717, 1.165) is 92.4 Å². The van der Waals surface area contributed by atoms with Gasteiger partial charge in [-0.15, -0.1) is 0 Å². The normalized spacial score (nSPS) is 18.0. The molecule has 4 saturated heterocycles. The summed E-state index contributed by atoms with van der Waals surface area (Å²) in [6.07, 6.45) is 12.5. The molecule has 672 valence electrons. The molecule has 6 aliphatic rings. The second-order valence-corrected chi connectivity index (χ2v) is 39.3. The van der Waals surface area contributed by atoms with Gasteiger partial charge in [-0.2, -0.15) is 25.5 Å². The molecule has 10 N–H and O–H groups in total. The zero-order valence-corrected chi connectivity index (χ0v) is 78.4. The SMILES string of the molecule is C.C.CC(C)(C)OC(=O)N1CC=C(B2OC(C)(C)C(C)(C)O2)C1.CC(C)(C)OC(=O)N1CC=C(c2ccc3c(N)ncnn23)C1.CC(C)(C)OC(=O)N1CCC(c2cc(I)c3c(N)ncnn23)C1.CC(C)(C)OC(=O)N1CCC(c2ccc3c(N)ncnn23)C1.CC(C)(C)OC(=O)N1CC[C@H](c2cc(I)c3c(N)ncnn23)C1.Nc1ncnn2c(Br)ccc12. The van der Waals surface area contributed by atoms with E-state index in [2.05, 4.69) is 124 Å². The topological polar surface area (TPSA) is 447 Å². The van der Waals surface area contributed by atoms with Crippen LogP contribution in [0.25, 0.3) is 33.2 Å². The van der Waals surface area contributed by atoms with Crippen LogP contribution in [0.1, 0.15) is 206 Å². The summed E-state index contributed by atoms with van der Waals surface area (Å²) in [5.41, 5.74) is 36.2. The minimum atomic E-state index is -0.497. The highest BCUT2D eigenvalue weighted by Crippen LogP contribution is 2.41. The van der Waals surface area contributed by atoms with Gasteiger partial charge in [0.1, 0.15) is 91.8 Å². The Hall–Kier alpha value is -10.1. The monoisotopic (exact) mass is 2000 g/mol. The Morgan fingerprint density at radius 3 is 1.15 bits per heavy atom. The highest BCUT2D eigenvalue weighted by molar-refractivity contribution is 14.1. The largest absolute Gasteiger partial charge is 0.492 e. The lowest BCUT2D eigenvalue weighted by Gasteiger charge is -2.32. The van der Waals surface area contributed by atoms with Gasteiger partial charge in [-0.05, 0) is 272 Å². The first kappa shape index (κ1) is 97.7. The summed E-state index contributed by atoms with van der Waals surface area (Å²) in [6, 6.07) is 15.6. The number of nitrogens with zero attached hydrogens (tertiary/aromatic N) is 20. The van der Waals surface area contributed by atoms with E-state index < -0.39 is 28.0 Å². The predicted octanol–water partition coefficient (Wildman–Crippen LogP) is 14.4. The molecule has 0 saturated carbocycles. The summed E-state index contributed by atoms with van der Waals surface area (Å²) in [7, 11) is -0.387. The Balaban J connectivity index is 0.000000170. The minimum absolute atomic E-state index is 0. The maximum absolute atomic E-state index is 12.2. The molecule has 0 spiro atoms. The van der Waals surface area contributed by atoms with Gasteiger partial charge < -0.3 is 86.2 Å². The standard InChI is InChI=1S/C15H26BNO4.2C15H20IN5O2.C15H21N5O2.C15H19N5O2.C6H5BrN4.2CH4/c1-13(2,3)19-12(18)17-9-8-11(10-17)16-20-14(4,5)15(6,7)21-16;2*1-15(2,3)23-14(22)20-5-4-9(7-20)11-6-10(16)12-13(17)18-8-19-21(11)12;2*1-15(2,3)22-14(21)19-7-6-10(8-19)11-4-5-12-13(16)17-9-18-20(11)12;7-5-2-1-4-6(8)9-3-10-11(4)5;;/h8H,9-10H2,1-7H3;2*6,8-9H,4-5,7H2,1-3H3,(H2,17,18,19);4-5,9-10H,6-8H2,1-3H3,(H2,16,17,18);4-6,9H,7-8H2,1-3H3,(H2,16,17,18);1-3H,(H2,8,9,10);2*1H4/t;9-;;;;;;/m.0....../s1. The number of anilines is 5. The molecule has 41 heteroatoms. The molecule has 3 atom stereocenters. The van der Waals surface area contributed by atoms with E-state index in [9.17, 15) is 24.0 Å². The molecule has 6 aliphatic heterocycles. The number of halogens is 3. The van der Waals surface area contributed by atoms with E-state index >= 15 is 0 Å². The lowest BCUT2D eigenvalue weighted by Crippen LogP contribution is -2.41. The molecule has 37 nitrogen and oxygen atoms in total. The van der Waals surface area contributed by atoms with Gasteiger partial charge in [0.15, 0.2) is 29.1 Å². The molecule has 124 heavy (non-hydrogen) atoms. The number of aromatic nitrogens is 15. The first-order valence-corrected chi connectivity index (χ1v) is 43.0. The van der Waals surface area contributed by atoms with Crippen molar-refractivity contribution in [3.8, 4) is 0 Å². The van der Waals surface area contributed by atoms with Crippen LogP contribution in [0.5, 0.6) is 0 Å². The van der Waals surface area contributed by atoms with E-state index in [4.69, 9.17) is 61.7 Å². The summed E-state index contributed by atoms with van der Waals surface area (Å²) in [5, 5.41) is 21.1. The fourth-order valence-electron chi connectivity index (χ4n) is 14.0. The van der Waals surface area contributed by atoms with Gasteiger partial charge in [-0.1, -0.05) is 27.0 Å². The molecule has 10 aromatic heterocycles. The van der Waals surface area contributed by atoms with Crippen LogP contribution in [0.15, 0.2) is 102 Å². The Kier molecular flexibility index (Phi) is 30.5. The maximum Gasteiger partial charge on any atom is 0.492 e. The summed E-state index contributed by atoms with van der Waals surface area (Å²) in [5.74, 6) is 2.98. The smallest absolute Gasteiger partial charge is 0.444 e. The fourth-order valence-corrected chi connectivity index (χ4v) is 16.0. The first-order valence-electron chi connectivity index (χ1n) is 40.0. The minimum Gasteiger partial charge on any atom is -0.444 e. The van der Waals surface area contributed by atoms with Crippen LogP contribution in [-0.2, 0) is 33.0 Å². The maximum atomic E-state index is 12.2. The molecule has 4 fully saturated rings. The number of nitrogens with two attached hydrogens (primary N) is 5. The number of rotatable bonds is 5. The molecule has 0 radical (unpaired) electrons. The van der Waals surface area contributed by atoms with Crippen molar-refractivity contribution in [1.82, 2.24) is 97.5 Å². The van der Waals surface area contributed by atoms with Crippen LogP contribution in [0, 0.1) is 7.14 Å². The average Bonchev–Trinajstić information content (AvgIpc) is 1.64. The van der Waals surface area contributed by atoms with Crippen LogP contribution in [0.4, 0.5) is 53.1 Å². The molecular formula is C83H119BBrI2N25O12. The van der Waals surface area contributed by atoms with E-state index in [1.165, 1.54) is 31.6 Å². The Bertz CT molecular complexity index is 5390. The number of amides is 5. The van der Waals surface area contributed by atoms with Crippen molar-refractivity contribution in [3.63, 3.8) is 0 Å². The van der Waals surface area contributed by atoms with Crippen LogP contribution in [0.3, 0.4) is 0 Å². The number of hydrogen-bond donors (Lipinski definition) is 5. The average molecular weight is 2000 g/mol. The van der Waals surface area contributed by atoms with Gasteiger partial charge in [0.05, 0.1) is 23.4 Å². The molecule has 16 heterocycles. The number of fused-ring (bicyclic) bond motifs is 5. The summed E-state index contributed by atoms with van der Waals surface area (Å²) in [4.78, 5) is 89.2. The molecule has 5 amide bonds. The molecule has 0 aliphatic carbocycles. The van der Waals surface area contributed by atoms with Gasteiger partial charge in [0.25, 0.3) is 0 Å². The predicted molar refractivity (Wildman–Crippen MR) is 497 cm³/mol. The zero-order chi connectivity index (χ0) is 89.3. The van der Waals surface area contributed by atoms with Crippen molar-refractivity contribution < 1.29 is 57.0 Å². The molecular weight excluding hydrogens is 1880 g/mol. The first-order chi connectivity index (χ1) is 56.9. The van der Waals surface area contributed by atoms with Crippen molar-refractivity contribution in [2.45, 2.75) is 223 Å². The van der Waals surface area contributed by atoms with Crippen LogP contribution in [0.2, 0.25) is 0 Å². The number of ether oxygens (including phenoxy) is 5. The second kappa shape index (κ2) is 38.8. The summed E-state index contributed by atoms with van der Waals surface area (Å²) >= 11 is 7.80. The van der Waals surface area contributed by atoms with Gasteiger partial charge in [0, 0.05) is 101 Å². The van der Waals surface area contributed by atoms with Crippen LogP contribution < -0.4 is 28.7 Å². The third-order valence-electron chi connectivity index (χ3n) is 20.4. The van der Waals surface area contributed by atoms with Crippen molar-refractivity contribution in [2.75, 3.05) is 94.1 Å². The molecule has 10 aromatic rings. The Morgan fingerprint density at radius 1 is 0.427 bits per heavy atom. The van der Waals surface area contributed by atoms with Gasteiger partial charge in [0.2, 0.25) is 0 Å².